The molecule has 7 heteroatoms. The fourth-order valence-electron chi connectivity index (χ4n) is 2.71. The Labute approximate surface area is 125 Å². The highest BCUT2D eigenvalue weighted by Gasteiger charge is 2.45. The number of urea groups is 1. The fourth-order valence-corrected chi connectivity index (χ4v) is 2.71. The zero-order valence-corrected chi connectivity index (χ0v) is 13.2. The van der Waals surface area contributed by atoms with Crippen LogP contribution in [0.1, 0.15) is 26.7 Å². The van der Waals surface area contributed by atoms with Crippen LogP contribution in [0.25, 0.3) is 0 Å². The lowest BCUT2D eigenvalue weighted by molar-refractivity contribution is -0.148. The SMILES string of the molecule is CCC1(C(=O)O)CCN(C(=O)N(C)CC(C)C(=O)NC)C1. The number of likely N-dealkylation sites (tertiary alicyclic amines) is 1. The standard InChI is InChI=1S/C14H25N3O4/c1-5-14(12(19)20)6-7-17(9-14)13(21)16(4)8-10(2)11(18)15-3/h10H,5-9H2,1-4H3,(H,15,18)(H,19,20). The average molecular weight is 299 g/mol. The van der Waals surface area contributed by atoms with Crippen molar-refractivity contribution in [2.75, 3.05) is 33.7 Å². The van der Waals surface area contributed by atoms with Crippen LogP contribution in [-0.2, 0) is 9.59 Å². The molecule has 1 rings (SSSR count). The molecule has 3 amide bonds. The van der Waals surface area contributed by atoms with Gasteiger partial charge >= 0.3 is 12.0 Å². The van der Waals surface area contributed by atoms with E-state index >= 15 is 0 Å². The van der Waals surface area contributed by atoms with Gasteiger partial charge in [0.2, 0.25) is 5.91 Å². The first kappa shape index (κ1) is 17.3. The molecule has 0 saturated carbocycles. The van der Waals surface area contributed by atoms with E-state index in [2.05, 4.69) is 5.32 Å². The number of rotatable bonds is 5. The maximum atomic E-state index is 12.3. The highest BCUT2D eigenvalue weighted by atomic mass is 16.4. The predicted octanol–water partition coefficient (Wildman–Crippen LogP) is 0.607. The molecule has 120 valence electrons. The molecule has 0 radical (unpaired) electrons. The number of carboxylic acids is 1. The van der Waals surface area contributed by atoms with Gasteiger partial charge in [-0.05, 0) is 12.8 Å². The van der Waals surface area contributed by atoms with Gasteiger partial charge in [-0.15, -0.1) is 0 Å². The molecule has 21 heavy (non-hydrogen) atoms. The lowest BCUT2D eigenvalue weighted by Crippen LogP contribution is -2.45. The Morgan fingerprint density at radius 1 is 1.43 bits per heavy atom. The Morgan fingerprint density at radius 2 is 2.05 bits per heavy atom. The molecule has 0 aromatic carbocycles. The van der Waals surface area contributed by atoms with Crippen LogP contribution in [0.5, 0.6) is 0 Å². The molecular weight excluding hydrogens is 274 g/mol. The molecule has 0 bridgehead atoms. The first-order valence-corrected chi connectivity index (χ1v) is 7.22. The summed E-state index contributed by atoms with van der Waals surface area (Å²) >= 11 is 0. The zero-order valence-electron chi connectivity index (χ0n) is 13.2. The van der Waals surface area contributed by atoms with E-state index in [0.29, 0.717) is 25.9 Å². The smallest absolute Gasteiger partial charge is 0.319 e. The predicted molar refractivity (Wildman–Crippen MR) is 77.8 cm³/mol. The van der Waals surface area contributed by atoms with E-state index in [1.165, 1.54) is 4.90 Å². The normalized spacial score (nSPS) is 22.8. The summed E-state index contributed by atoms with van der Waals surface area (Å²) in [6, 6.07) is -0.220. The van der Waals surface area contributed by atoms with E-state index in [1.54, 1.807) is 25.9 Å². The summed E-state index contributed by atoms with van der Waals surface area (Å²) in [7, 11) is 3.19. The topological polar surface area (TPSA) is 90.0 Å². The Morgan fingerprint density at radius 3 is 2.48 bits per heavy atom. The summed E-state index contributed by atoms with van der Waals surface area (Å²) in [5, 5.41) is 11.9. The van der Waals surface area contributed by atoms with Crippen LogP contribution in [0, 0.1) is 11.3 Å². The van der Waals surface area contributed by atoms with Crippen LogP contribution in [-0.4, -0.2) is 66.5 Å². The van der Waals surface area contributed by atoms with Crippen molar-refractivity contribution >= 4 is 17.9 Å². The minimum Gasteiger partial charge on any atom is -0.481 e. The third-order valence-electron chi connectivity index (χ3n) is 4.32. The lowest BCUT2D eigenvalue weighted by atomic mass is 9.84. The molecule has 7 nitrogen and oxygen atoms in total. The van der Waals surface area contributed by atoms with E-state index in [1.807, 2.05) is 6.92 Å². The Balaban J connectivity index is 2.64. The first-order chi connectivity index (χ1) is 9.77. The number of aliphatic carboxylic acids is 1. The minimum absolute atomic E-state index is 0.121. The van der Waals surface area contributed by atoms with Gasteiger partial charge in [0, 0.05) is 33.7 Å². The molecule has 1 fully saturated rings. The molecule has 1 aliphatic rings. The molecule has 2 N–H and O–H groups in total. The van der Waals surface area contributed by atoms with Crippen LogP contribution in [0.4, 0.5) is 4.79 Å². The first-order valence-electron chi connectivity index (χ1n) is 7.22. The molecule has 2 atom stereocenters. The number of hydrogen-bond donors (Lipinski definition) is 2. The summed E-state index contributed by atoms with van der Waals surface area (Å²) in [6.07, 6.45) is 0.980. The van der Waals surface area contributed by atoms with Gasteiger partial charge in [-0.3, -0.25) is 9.59 Å². The van der Waals surface area contributed by atoms with Gasteiger partial charge in [-0.1, -0.05) is 13.8 Å². The average Bonchev–Trinajstić information content (AvgIpc) is 2.91. The second-order valence-electron chi connectivity index (χ2n) is 5.79. The Hall–Kier alpha value is -1.79. The highest BCUT2D eigenvalue weighted by molar-refractivity contribution is 5.81. The van der Waals surface area contributed by atoms with E-state index in [4.69, 9.17) is 0 Å². The van der Waals surface area contributed by atoms with Gasteiger partial charge in [0.25, 0.3) is 0 Å². The van der Waals surface area contributed by atoms with E-state index in [-0.39, 0.29) is 24.4 Å². The van der Waals surface area contributed by atoms with Crippen molar-refractivity contribution in [3.05, 3.63) is 0 Å². The number of nitrogens with one attached hydrogen (secondary N) is 1. The number of carbonyl (C=O) groups is 3. The zero-order chi connectivity index (χ0) is 16.2. The Bertz CT molecular complexity index is 426. The molecule has 1 heterocycles. The third kappa shape index (κ3) is 3.65. The van der Waals surface area contributed by atoms with Gasteiger partial charge in [0.05, 0.1) is 11.3 Å². The molecule has 2 unspecified atom stereocenters. The van der Waals surface area contributed by atoms with E-state index in [0.717, 1.165) is 0 Å². The number of carbonyl (C=O) groups excluding carboxylic acids is 2. The quantitative estimate of drug-likeness (QED) is 0.778. The van der Waals surface area contributed by atoms with Crippen molar-refractivity contribution in [2.24, 2.45) is 11.3 Å². The summed E-state index contributed by atoms with van der Waals surface area (Å²) in [5.74, 6) is -1.27. The lowest BCUT2D eigenvalue weighted by Gasteiger charge is -2.28. The molecule has 0 aromatic rings. The molecule has 0 spiro atoms. The largest absolute Gasteiger partial charge is 0.481 e. The van der Waals surface area contributed by atoms with Crippen LogP contribution in [0.15, 0.2) is 0 Å². The molecule has 1 aliphatic heterocycles. The van der Waals surface area contributed by atoms with Crippen molar-refractivity contribution in [3.63, 3.8) is 0 Å². The van der Waals surface area contributed by atoms with Gasteiger partial charge in [-0.25, -0.2) is 4.79 Å². The van der Waals surface area contributed by atoms with Gasteiger partial charge < -0.3 is 20.2 Å². The number of amides is 3. The molecule has 1 saturated heterocycles. The monoisotopic (exact) mass is 299 g/mol. The summed E-state index contributed by atoms with van der Waals surface area (Å²) in [4.78, 5) is 38.3. The van der Waals surface area contributed by atoms with Gasteiger partial charge in [0.15, 0.2) is 0 Å². The summed E-state index contributed by atoms with van der Waals surface area (Å²) in [6.45, 7) is 4.56. The third-order valence-corrected chi connectivity index (χ3v) is 4.32. The number of hydrogen-bond acceptors (Lipinski definition) is 3. The number of carboxylic acid groups (broad SMARTS) is 1. The van der Waals surface area contributed by atoms with E-state index < -0.39 is 11.4 Å². The number of nitrogens with zero attached hydrogens (tertiary/aromatic N) is 2. The van der Waals surface area contributed by atoms with Crippen molar-refractivity contribution < 1.29 is 19.5 Å². The van der Waals surface area contributed by atoms with E-state index in [9.17, 15) is 19.5 Å². The minimum atomic E-state index is -0.846. The van der Waals surface area contributed by atoms with Gasteiger partial charge in [-0.2, -0.15) is 0 Å². The van der Waals surface area contributed by atoms with Crippen LogP contribution >= 0.6 is 0 Å². The fraction of sp³-hybridized carbons (Fsp3) is 0.786. The summed E-state index contributed by atoms with van der Waals surface area (Å²) < 4.78 is 0. The second-order valence-corrected chi connectivity index (χ2v) is 5.79. The van der Waals surface area contributed by atoms with Gasteiger partial charge in [0.1, 0.15) is 0 Å². The van der Waals surface area contributed by atoms with Crippen LogP contribution in [0.3, 0.4) is 0 Å². The van der Waals surface area contributed by atoms with Crippen molar-refractivity contribution in [1.82, 2.24) is 15.1 Å². The Kier molecular flexibility index (Phi) is 5.57. The van der Waals surface area contributed by atoms with Crippen molar-refractivity contribution in [1.29, 1.82) is 0 Å². The molecular formula is C14H25N3O4. The van der Waals surface area contributed by atoms with Crippen molar-refractivity contribution in [2.45, 2.75) is 26.7 Å². The summed E-state index contributed by atoms with van der Waals surface area (Å²) in [5.41, 5.74) is -0.830. The highest BCUT2D eigenvalue weighted by Crippen LogP contribution is 2.34. The van der Waals surface area contributed by atoms with Crippen LogP contribution < -0.4 is 5.32 Å². The van der Waals surface area contributed by atoms with Crippen LogP contribution in [0.2, 0.25) is 0 Å². The van der Waals surface area contributed by atoms with Crippen molar-refractivity contribution in [3.8, 4) is 0 Å². The maximum absolute atomic E-state index is 12.3. The maximum Gasteiger partial charge on any atom is 0.319 e. The molecule has 0 aromatic heterocycles. The molecule has 0 aliphatic carbocycles. The second kappa shape index (κ2) is 6.78.